The maximum atomic E-state index is 12.7. The molecule has 9 heteroatoms. The normalized spacial score (nSPS) is 17.5. The average Bonchev–Trinajstić information content (AvgIpc) is 3.15. The van der Waals surface area contributed by atoms with Crippen molar-refractivity contribution in [2.45, 2.75) is 45.7 Å². The Morgan fingerprint density at radius 3 is 2.73 bits per heavy atom. The molecule has 1 aliphatic rings. The number of hydrogen-bond donors (Lipinski definition) is 1. The maximum absolute atomic E-state index is 12.7. The van der Waals surface area contributed by atoms with Gasteiger partial charge in [-0.15, -0.1) is 0 Å². The third-order valence-corrected chi connectivity index (χ3v) is 5.35. The Labute approximate surface area is 156 Å². The van der Waals surface area contributed by atoms with Crippen LogP contribution in [0, 0.1) is 13.8 Å². The predicted molar refractivity (Wildman–Crippen MR) is 95.1 cm³/mol. The van der Waals surface area contributed by atoms with E-state index in [2.05, 4.69) is 10.2 Å². The number of rotatable bonds is 5. The van der Waals surface area contributed by atoms with E-state index in [1.165, 1.54) is 4.68 Å². The number of piperidine rings is 1. The summed E-state index contributed by atoms with van der Waals surface area (Å²) in [6.45, 7) is 4.89. The van der Waals surface area contributed by atoms with Gasteiger partial charge in [-0.1, -0.05) is 11.6 Å². The molecule has 26 heavy (non-hydrogen) atoms. The van der Waals surface area contributed by atoms with Crippen LogP contribution in [-0.4, -0.2) is 54.5 Å². The van der Waals surface area contributed by atoms with E-state index < -0.39 is 5.97 Å². The molecule has 1 amide bonds. The number of aromatic nitrogens is 4. The van der Waals surface area contributed by atoms with Crippen molar-refractivity contribution in [1.29, 1.82) is 0 Å². The highest BCUT2D eigenvalue weighted by Gasteiger charge is 2.27. The number of carbonyl (C=O) groups excluding carboxylic acids is 1. The van der Waals surface area contributed by atoms with Gasteiger partial charge in [-0.05, 0) is 32.8 Å². The molecule has 2 aromatic rings. The minimum Gasteiger partial charge on any atom is -0.480 e. The van der Waals surface area contributed by atoms with Crippen molar-refractivity contribution in [3.8, 4) is 0 Å². The van der Waals surface area contributed by atoms with E-state index in [1.807, 2.05) is 24.8 Å². The van der Waals surface area contributed by atoms with Gasteiger partial charge < -0.3 is 10.0 Å². The first-order chi connectivity index (χ1) is 12.4. The van der Waals surface area contributed by atoms with Crippen LogP contribution in [-0.2, 0) is 22.7 Å². The Hall–Kier alpha value is -2.35. The fraction of sp³-hybridized carbons (Fsp3) is 0.529. The molecule has 0 aromatic carbocycles. The second-order valence-corrected chi connectivity index (χ2v) is 7.01. The first-order valence-corrected chi connectivity index (χ1v) is 8.95. The summed E-state index contributed by atoms with van der Waals surface area (Å²) < 4.78 is 3.14. The van der Waals surface area contributed by atoms with Crippen molar-refractivity contribution < 1.29 is 14.7 Å². The molecule has 0 spiro atoms. The molecule has 1 atom stereocenters. The van der Waals surface area contributed by atoms with Gasteiger partial charge in [0, 0.05) is 30.9 Å². The lowest BCUT2D eigenvalue weighted by atomic mass is 9.94. The third-order valence-electron chi connectivity index (χ3n) is 4.81. The lowest BCUT2D eigenvalue weighted by Crippen LogP contribution is -2.41. The molecule has 8 nitrogen and oxygen atoms in total. The van der Waals surface area contributed by atoms with E-state index in [9.17, 15) is 9.59 Å². The Balaban J connectivity index is 1.70. The highest BCUT2D eigenvalue weighted by Crippen LogP contribution is 2.27. The molecule has 0 aliphatic carbocycles. The number of nitrogens with zero attached hydrogens (tertiary/aromatic N) is 5. The van der Waals surface area contributed by atoms with Crippen LogP contribution in [0.25, 0.3) is 0 Å². The molecular formula is C17H22ClN5O3. The Morgan fingerprint density at radius 1 is 1.31 bits per heavy atom. The fourth-order valence-corrected chi connectivity index (χ4v) is 3.59. The van der Waals surface area contributed by atoms with Gasteiger partial charge >= 0.3 is 5.97 Å². The predicted octanol–water partition coefficient (Wildman–Crippen LogP) is 1.84. The van der Waals surface area contributed by atoms with Crippen LogP contribution in [0.5, 0.6) is 0 Å². The largest absolute Gasteiger partial charge is 0.480 e. The molecule has 1 saturated heterocycles. The Morgan fingerprint density at radius 2 is 2.08 bits per heavy atom. The molecule has 0 bridgehead atoms. The summed E-state index contributed by atoms with van der Waals surface area (Å²) in [5, 5.41) is 18.0. The molecule has 1 aliphatic heterocycles. The lowest BCUT2D eigenvalue weighted by molar-refractivity contribution is -0.138. The first-order valence-electron chi connectivity index (χ1n) is 8.57. The van der Waals surface area contributed by atoms with Crippen molar-refractivity contribution in [2.24, 2.45) is 0 Å². The monoisotopic (exact) mass is 379 g/mol. The van der Waals surface area contributed by atoms with E-state index in [1.54, 1.807) is 10.9 Å². The zero-order valence-corrected chi connectivity index (χ0v) is 15.6. The maximum Gasteiger partial charge on any atom is 0.325 e. The van der Waals surface area contributed by atoms with Crippen LogP contribution < -0.4 is 0 Å². The highest BCUT2D eigenvalue weighted by atomic mass is 35.5. The standard InChI is InChI=1S/C17H22ClN5O3/c1-11-17(18)12(2)22(20-11)9-15(24)21-7-3-4-13(8-21)14-5-6-19-23(14)10-16(25)26/h5-6,13H,3-4,7-10H2,1-2H3,(H,25,26)/t13-/m1/s1. The van der Waals surface area contributed by atoms with Gasteiger partial charge in [0.25, 0.3) is 0 Å². The molecule has 1 fully saturated rings. The van der Waals surface area contributed by atoms with Gasteiger partial charge in [-0.25, -0.2) is 0 Å². The van der Waals surface area contributed by atoms with Gasteiger partial charge in [0.15, 0.2) is 0 Å². The van der Waals surface area contributed by atoms with Crippen molar-refractivity contribution >= 4 is 23.5 Å². The first kappa shape index (κ1) is 18.4. The smallest absolute Gasteiger partial charge is 0.325 e. The number of carboxylic acid groups (broad SMARTS) is 1. The third kappa shape index (κ3) is 3.75. The highest BCUT2D eigenvalue weighted by molar-refractivity contribution is 6.31. The average molecular weight is 380 g/mol. The summed E-state index contributed by atoms with van der Waals surface area (Å²) >= 11 is 6.15. The summed E-state index contributed by atoms with van der Waals surface area (Å²) in [5.41, 5.74) is 2.36. The molecule has 1 N–H and O–H groups in total. The van der Waals surface area contributed by atoms with Gasteiger partial charge in [-0.2, -0.15) is 10.2 Å². The molecule has 2 aromatic heterocycles. The number of hydrogen-bond acceptors (Lipinski definition) is 4. The van der Waals surface area contributed by atoms with E-state index in [4.69, 9.17) is 16.7 Å². The van der Waals surface area contributed by atoms with Crippen LogP contribution in [0.3, 0.4) is 0 Å². The SMILES string of the molecule is Cc1nn(CC(=O)N2CCC[C@@H](c3ccnn3CC(=O)O)C2)c(C)c1Cl. The summed E-state index contributed by atoms with van der Waals surface area (Å²) in [4.78, 5) is 25.5. The van der Waals surface area contributed by atoms with Gasteiger partial charge in [0.05, 0.1) is 16.4 Å². The van der Waals surface area contributed by atoms with Crippen LogP contribution in [0.4, 0.5) is 0 Å². The van der Waals surface area contributed by atoms with Gasteiger partial charge in [0.1, 0.15) is 13.1 Å². The zero-order chi connectivity index (χ0) is 18.8. The second kappa shape index (κ2) is 7.49. The molecule has 0 unspecified atom stereocenters. The summed E-state index contributed by atoms with van der Waals surface area (Å²) in [6.07, 6.45) is 3.38. The van der Waals surface area contributed by atoms with E-state index in [0.29, 0.717) is 23.8 Å². The number of carbonyl (C=O) groups is 2. The topological polar surface area (TPSA) is 93.3 Å². The Kier molecular flexibility index (Phi) is 5.31. The minimum absolute atomic E-state index is 0.0127. The zero-order valence-electron chi connectivity index (χ0n) is 14.9. The quantitative estimate of drug-likeness (QED) is 0.855. The number of carboxylic acids is 1. The van der Waals surface area contributed by atoms with Crippen LogP contribution >= 0.6 is 11.6 Å². The number of aryl methyl sites for hydroxylation is 1. The van der Waals surface area contributed by atoms with E-state index in [-0.39, 0.29) is 24.9 Å². The lowest BCUT2D eigenvalue weighted by Gasteiger charge is -2.33. The summed E-state index contributed by atoms with van der Waals surface area (Å²) in [5.74, 6) is -0.861. The van der Waals surface area contributed by atoms with Crippen molar-refractivity contribution in [3.63, 3.8) is 0 Å². The van der Waals surface area contributed by atoms with Crippen LogP contribution in [0.1, 0.15) is 35.8 Å². The number of likely N-dealkylation sites (tertiary alicyclic amines) is 1. The van der Waals surface area contributed by atoms with Crippen molar-refractivity contribution in [3.05, 3.63) is 34.4 Å². The van der Waals surface area contributed by atoms with Crippen LogP contribution in [0.2, 0.25) is 5.02 Å². The molecule has 0 radical (unpaired) electrons. The van der Waals surface area contributed by atoms with Gasteiger partial charge in [-0.3, -0.25) is 19.0 Å². The van der Waals surface area contributed by atoms with E-state index in [0.717, 1.165) is 24.2 Å². The fourth-order valence-electron chi connectivity index (χ4n) is 3.45. The van der Waals surface area contributed by atoms with Crippen molar-refractivity contribution in [1.82, 2.24) is 24.5 Å². The van der Waals surface area contributed by atoms with Crippen molar-refractivity contribution in [2.75, 3.05) is 13.1 Å². The van der Waals surface area contributed by atoms with Gasteiger partial charge in [0.2, 0.25) is 5.91 Å². The molecular weight excluding hydrogens is 358 g/mol. The van der Waals surface area contributed by atoms with Crippen LogP contribution in [0.15, 0.2) is 12.3 Å². The number of aliphatic carboxylic acids is 1. The number of halogens is 1. The second-order valence-electron chi connectivity index (χ2n) is 6.63. The summed E-state index contributed by atoms with van der Waals surface area (Å²) in [7, 11) is 0. The minimum atomic E-state index is -0.930. The molecule has 0 saturated carbocycles. The molecule has 3 rings (SSSR count). The number of amides is 1. The van der Waals surface area contributed by atoms with E-state index >= 15 is 0 Å². The Bertz CT molecular complexity index is 828. The molecule has 3 heterocycles. The summed E-state index contributed by atoms with van der Waals surface area (Å²) in [6, 6.07) is 1.84. The molecule has 140 valence electrons.